The molecule has 0 atom stereocenters. The van der Waals surface area contributed by atoms with E-state index in [0.717, 1.165) is 12.3 Å². The number of hydrogen-bond donors (Lipinski definition) is 2. The summed E-state index contributed by atoms with van der Waals surface area (Å²) in [7, 11) is 0. The molecule has 6 heteroatoms. The van der Waals surface area contributed by atoms with Gasteiger partial charge in [-0.1, -0.05) is 0 Å². The standard InChI is InChI=1S/C5H8N2OS.2ClH/c6-5(8)4-3-7-1-2-9-4;;/h3,7H,1-2H2,(H2,6,8);2*1H. The van der Waals surface area contributed by atoms with Gasteiger partial charge in [-0.15, -0.1) is 36.6 Å². The Hall–Kier alpha value is -0.0600. The minimum atomic E-state index is -0.341. The van der Waals surface area contributed by atoms with Gasteiger partial charge in [-0.25, -0.2) is 0 Å². The van der Waals surface area contributed by atoms with Crippen molar-refractivity contribution in [2.24, 2.45) is 5.73 Å². The van der Waals surface area contributed by atoms with Gasteiger partial charge < -0.3 is 11.1 Å². The highest BCUT2D eigenvalue weighted by atomic mass is 35.5. The topological polar surface area (TPSA) is 55.1 Å². The summed E-state index contributed by atoms with van der Waals surface area (Å²) in [5.74, 6) is 0.585. The number of carbonyl (C=O) groups is 1. The third kappa shape index (κ3) is 4.40. The van der Waals surface area contributed by atoms with E-state index in [4.69, 9.17) is 5.73 Å². The third-order valence-corrected chi connectivity index (χ3v) is 2.02. The highest BCUT2D eigenvalue weighted by molar-refractivity contribution is 8.04. The van der Waals surface area contributed by atoms with Crippen LogP contribution in [0.3, 0.4) is 0 Å². The van der Waals surface area contributed by atoms with Gasteiger partial charge in [-0.3, -0.25) is 4.79 Å². The van der Waals surface area contributed by atoms with E-state index in [-0.39, 0.29) is 30.7 Å². The number of halogens is 2. The number of nitrogens with one attached hydrogen (secondary N) is 1. The van der Waals surface area contributed by atoms with Crippen LogP contribution in [0.4, 0.5) is 0 Å². The van der Waals surface area contributed by atoms with Gasteiger partial charge >= 0.3 is 0 Å². The molecule has 0 aromatic heterocycles. The van der Waals surface area contributed by atoms with Gasteiger partial charge in [0.05, 0.1) is 4.91 Å². The first-order chi connectivity index (χ1) is 4.30. The number of primary amides is 1. The zero-order chi connectivity index (χ0) is 6.69. The summed E-state index contributed by atoms with van der Waals surface area (Å²) in [6, 6.07) is 0. The van der Waals surface area contributed by atoms with Crippen molar-refractivity contribution >= 4 is 42.5 Å². The van der Waals surface area contributed by atoms with Crippen LogP contribution in [0, 0.1) is 0 Å². The monoisotopic (exact) mass is 216 g/mol. The van der Waals surface area contributed by atoms with E-state index in [1.54, 1.807) is 6.20 Å². The van der Waals surface area contributed by atoms with Gasteiger partial charge in [0.1, 0.15) is 0 Å². The average Bonchev–Trinajstić information content (AvgIpc) is 1.90. The molecule has 66 valence electrons. The van der Waals surface area contributed by atoms with E-state index in [9.17, 15) is 4.79 Å². The number of carbonyl (C=O) groups excluding carboxylic acids is 1. The van der Waals surface area contributed by atoms with Crippen LogP contribution >= 0.6 is 36.6 Å². The third-order valence-electron chi connectivity index (χ3n) is 0.980. The maximum Gasteiger partial charge on any atom is 0.256 e. The highest BCUT2D eigenvalue weighted by Gasteiger charge is 2.07. The van der Waals surface area contributed by atoms with Gasteiger partial charge in [0, 0.05) is 18.5 Å². The van der Waals surface area contributed by atoms with Crippen LogP contribution in [0.5, 0.6) is 0 Å². The Kier molecular flexibility index (Phi) is 8.16. The molecule has 0 saturated heterocycles. The molecule has 1 amide bonds. The van der Waals surface area contributed by atoms with Crippen molar-refractivity contribution < 1.29 is 4.79 Å². The first kappa shape index (κ1) is 13.5. The van der Waals surface area contributed by atoms with Gasteiger partial charge in [-0.05, 0) is 0 Å². The largest absolute Gasteiger partial charge is 0.389 e. The lowest BCUT2D eigenvalue weighted by molar-refractivity contribution is -0.113. The summed E-state index contributed by atoms with van der Waals surface area (Å²) >= 11 is 1.50. The predicted octanol–water partition coefficient (Wildman–Crippen LogP) is 0.493. The molecular formula is C5H10Cl2N2OS. The smallest absolute Gasteiger partial charge is 0.256 e. The first-order valence-electron chi connectivity index (χ1n) is 2.67. The number of amides is 1. The Labute approximate surface area is 82.0 Å². The molecule has 0 spiro atoms. The van der Waals surface area contributed by atoms with E-state index in [1.165, 1.54) is 11.8 Å². The molecule has 0 aromatic rings. The summed E-state index contributed by atoms with van der Waals surface area (Å²) in [6.45, 7) is 0.918. The summed E-state index contributed by atoms with van der Waals surface area (Å²) in [5.41, 5.74) is 5.00. The summed E-state index contributed by atoms with van der Waals surface area (Å²) in [5, 5.41) is 2.93. The zero-order valence-electron chi connectivity index (χ0n) is 5.70. The Balaban J connectivity index is 0. The average molecular weight is 217 g/mol. The van der Waals surface area contributed by atoms with Crippen molar-refractivity contribution in [2.75, 3.05) is 12.3 Å². The lowest BCUT2D eigenvalue weighted by Crippen LogP contribution is -2.21. The van der Waals surface area contributed by atoms with Crippen LogP contribution in [0.1, 0.15) is 0 Å². The van der Waals surface area contributed by atoms with E-state index in [0.29, 0.717) is 4.91 Å². The molecule has 0 radical (unpaired) electrons. The quantitative estimate of drug-likeness (QED) is 0.672. The molecule has 0 saturated carbocycles. The second kappa shape index (κ2) is 6.64. The maximum absolute atomic E-state index is 10.4. The molecule has 3 nitrogen and oxygen atoms in total. The molecule has 0 fully saturated rings. The van der Waals surface area contributed by atoms with Crippen molar-refractivity contribution in [3.63, 3.8) is 0 Å². The molecular weight excluding hydrogens is 207 g/mol. The van der Waals surface area contributed by atoms with Crippen LogP contribution in [0.25, 0.3) is 0 Å². The molecule has 1 heterocycles. The van der Waals surface area contributed by atoms with Gasteiger partial charge in [0.15, 0.2) is 0 Å². The van der Waals surface area contributed by atoms with Crippen LogP contribution in [0.15, 0.2) is 11.1 Å². The summed E-state index contributed by atoms with van der Waals surface area (Å²) < 4.78 is 0. The van der Waals surface area contributed by atoms with Crippen LogP contribution < -0.4 is 11.1 Å². The fraction of sp³-hybridized carbons (Fsp3) is 0.400. The fourth-order valence-electron chi connectivity index (χ4n) is 0.569. The zero-order valence-corrected chi connectivity index (χ0v) is 8.15. The highest BCUT2D eigenvalue weighted by Crippen LogP contribution is 2.15. The predicted molar refractivity (Wildman–Crippen MR) is 52.2 cm³/mol. The SMILES string of the molecule is Cl.Cl.NC(=O)C1=CNCCS1. The Bertz CT molecular complexity index is 163. The molecule has 1 aliphatic heterocycles. The minimum absolute atomic E-state index is 0. The number of thioether (sulfide) groups is 1. The first-order valence-corrected chi connectivity index (χ1v) is 3.65. The molecule has 0 aromatic carbocycles. The number of nitrogens with two attached hydrogens (primary N) is 1. The Morgan fingerprint density at radius 3 is 2.55 bits per heavy atom. The van der Waals surface area contributed by atoms with Crippen LogP contribution in [0.2, 0.25) is 0 Å². The van der Waals surface area contributed by atoms with E-state index < -0.39 is 0 Å². The molecule has 0 unspecified atom stereocenters. The molecule has 3 N–H and O–H groups in total. The lowest BCUT2D eigenvalue weighted by Gasteiger charge is -2.09. The minimum Gasteiger partial charge on any atom is -0.389 e. The Morgan fingerprint density at radius 1 is 1.64 bits per heavy atom. The van der Waals surface area contributed by atoms with Crippen molar-refractivity contribution in [3.8, 4) is 0 Å². The van der Waals surface area contributed by atoms with Crippen molar-refractivity contribution in [1.29, 1.82) is 0 Å². The van der Waals surface area contributed by atoms with Crippen molar-refractivity contribution in [2.45, 2.75) is 0 Å². The molecule has 11 heavy (non-hydrogen) atoms. The molecule has 0 aliphatic carbocycles. The van der Waals surface area contributed by atoms with E-state index >= 15 is 0 Å². The summed E-state index contributed by atoms with van der Waals surface area (Å²) in [6.07, 6.45) is 1.66. The summed E-state index contributed by atoms with van der Waals surface area (Å²) in [4.78, 5) is 11.1. The molecule has 0 bridgehead atoms. The number of rotatable bonds is 1. The van der Waals surface area contributed by atoms with E-state index in [1.807, 2.05) is 0 Å². The van der Waals surface area contributed by atoms with Crippen LogP contribution in [-0.4, -0.2) is 18.2 Å². The number of hydrogen-bond acceptors (Lipinski definition) is 3. The van der Waals surface area contributed by atoms with Gasteiger partial charge in [-0.2, -0.15) is 0 Å². The second-order valence-electron chi connectivity index (χ2n) is 1.68. The fourth-order valence-corrected chi connectivity index (χ4v) is 1.32. The van der Waals surface area contributed by atoms with Crippen LogP contribution in [-0.2, 0) is 4.79 Å². The maximum atomic E-state index is 10.4. The normalized spacial score (nSPS) is 14.7. The molecule has 1 aliphatic rings. The van der Waals surface area contributed by atoms with Crippen molar-refractivity contribution in [3.05, 3.63) is 11.1 Å². The van der Waals surface area contributed by atoms with Gasteiger partial charge in [0.2, 0.25) is 0 Å². The second-order valence-corrected chi connectivity index (χ2v) is 2.81. The van der Waals surface area contributed by atoms with Crippen molar-refractivity contribution in [1.82, 2.24) is 5.32 Å². The Morgan fingerprint density at radius 2 is 2.27 bits per heavy atom. The van der Waals surface area contributed by atoms with Gasteiger partial charge in [0.25, 0.3) is 5.91 Å². The lowest BCUT2D eigenvalue weighted by atomic mass is 10.5. The van der Waals surface area contributed by atoms with E-state index in [2.05, 4.69) is 5.32 Å². The molecule has 1 rings (SSSR count).